The zero-order chi connectivity index (χ0) is 33.3. The standard InChI is InChI=1S/C34H43N3O8S2/c35-20-25-7-9-26(10-8-25)27-3-1-6-32(17-27)47(42,43)37-15-13-33(14-16-37)19-28(22-45-33)36-21-29(39)23-44-30-4-2-5-31(18-30)46(40,41)34(24-38)11-12-34/h1-10,17-18,28-29,36,38-39H,11-16,19-24,35H2/t28-,29?/m0/s1. The van der Waals surface area contributed by atoms with Gasteiger partial charge in [-0.1, -0.05) is 42.5 Å². The highest BCUT2D eigenvalue weighted by molar-refractivity contribution is 7.93. The molecule has 0 bridgehead atoms. The second kappa shape index (κ2) is 13.6. The molecular formula is C34H43N3O8S2. The van der Waals surface area contributed by atoms with Crippen molar-refractivity contribution in [2.75, 3.05) is 39.5 Å². The Morgan fingerprint density at radius 2 is 1.64 bits per heavy atom. The van der Waals surface area contributed by atoms with Crippen molar-refractivity contribution in [1.29, 1.82) is 0 Å². The molecule has 1 saturated carbocycles. The van der Waals surface area contributed by atoms with Crippen molar-refractivity contribution in [2.24, 2.45) is 5.73 Å². The van der Waals surface area contributed by atoms with Crippen molar-refractivity contribution in [1.82, 2.24) is 9.62 Å². The summed E-state index contributed by atoms with van der Waals surface area (Å²) in [7, 11) is -7.35. The fraction of sp³-hybridized carbons (Fsp3) is 0.471. The zero-order valence-electron chi connectivity index (χ0n) is 26.3. The van der Waals surface area contributed by atoms with Gasteiger partial charge in [0.15, 0.2) is 9.84 Å². The molecule has 3 aromatic carbocycles. The lowest BCUT2D eigenvalue weighted by molar-refractivity contribution is -0.0312. The van der Waals surface area contributed by atoms with Gasteiger partial charge in [-0.15, -0.1) is 0 Å². The number of hydrogen-bond donors (Lipinski definition) is 4. The van der Waals surface area contributed by atoms with Crippen molar-refractivity contribution in [3.8, 4) is 16.9 Å². The molecule has 2 atom stereocenters. The minimum absolute atomic E-state index is 0.00293. The maximum Gasteiger partial charge on any atom is 0.243 e. The quantitative estimate of drug-likeness (QED) is 0.210. The average molecular weight is 686 g/mol. The molecule has 254 valence electrons. The Balaban J connectivity index is 0.974. The van der Waals surface area contributed by atoms with Gasteiger partial charge in [-0.2, -0.15) is 4.31 Å². The van der Waals surface area contributed by atoms with Crippen LogP contribution in [0.25, 0.3) is 11.1 Å². The van der Waals surface area contributed by atoms with Crippen LogP contribution in [0.4, 0.5) is 0 Å². The number of sulfonamides is 1. The van der Waals surface area contributed by atoms with Crippen molar-refractivity contribution >= 4 is 19.9 Å². The second-order valence-electron chi connectivity index (χ2n) is 12.9. The van der Waals surface area contributed by atoms with Crippen LogP contribution in [-0.4, -0.2) is 93.3 Å². The summed E-state index contributed by atoms with van der Waals surface area (Å²) in [5, 5.41) is 23.5. The number of rotatable bonds is 13. The summed E-state index contributed by atoms with van der Waals surface area (Å²) in [6, 6.07) is 21.0. The number of aliphatic hydroxyl groups is 2. The third-order valence-electron chi connectivity index (χ3n) is 9.70. The molecule has 3 aromatic rings. The number of piperidine rings is 1. The van der Waals surface area contributed by atoms with Crippen molar-refractivity contribution in [3.05, 3.63) is 78.4 Å². The maximum absolute atomic E-state index is 13.6. The molecule has 11 nitrogen and oxygen atoms in total. The first kappa shape index (κ1) is 34.0. The summed E-state index contributed by atoms with van der Waals surface area (Å²) >= 11 is 0. The molecule has 2 aliphatic heterocycles. The first-order valence-electron chi connectivity index (χ1n) is 16.0. The Morgan fingerprint density at radius 1 is 0.936 bits per heavy atom. The molecule has 5 N–H and O–H groups in total. The van der Waals surface area contributed by atoms with Gasteiger partial charge in [0.1, 0.15) is 18.5 Å². The number of hydrogen-bond acceptors (Lipinski definition) is 10. The van der Waals surface area contributed by atoms with Crippen LogP contribution in [0.5, 0.6) is 5.75 Å². The number of aliphatic hydroxyl groups excluding tert-OH is 2. The van der Waals surface area contributed by atoms with E-state index in [4.69, 9.17) is 15.2 Å². The van der Waals surface area contributed by atoms with Crippen LogP contribution in [0.15, 0.2) is 82.6 Å². The molecule has 3 fully saturated rings. The summed E-state index contributed by atoms with van der Waals surface area (Å²) in [4.78, 5) is 0.367. The Bertz CT molecular complexity index is 1770. The monoisotopic (exact) mass is 685 g/mol. The van der Waals surface area contributed by atoms with Gasteiger partial charge >= 0.3 is 0 Å². The van der Waals surface area contributed by atoms with E-state index in [1.807, 2.05) is 30.3 Å². The van der Waals surface area contributed by atoms with Gasteiger partial charge in [0.25, 0.3) is 0 Å². The summed E-state index contributed by atoms with van der Waals surface area (Å²) in [6.45, 7) is 1.43. The first-order chi connectivity index (χ1) is 22.5. The molecule has 2 saturated heterocycles. The van der Waals surface area contributed by atoms with E-state index >= 15 is 0 Å². The molecule has 2 heterocycles. The van der Waals surface area contributed by atoms with E-state index in [2.05, 4.69) is 5.32 Å². The molecule has 13 heteroatoms. The predicted octanol–water partition coefficient (Wildman–Crippen LogP) is 2.45. The largest absolute Gasteiger partial charge is 0.491 e. The van der Waals surface area contributed by atoms with Crippen molar-refractivity contribution in [3.63, 3.8) is 0 Å². The van der Waals surface area contributed by atoms with Crippen LogP contribution in [0.2, 0.25) is 0 Å². The van der Waals surface area contributed by atoms with Crippen molar-refractivity contribution in [2.45, 2.75) is 70.9 Å². The van der Waals surface area contributed by atoms with E-state index in [0.717, 1.165) is 16.7 Å². The highest BCUT2D eigenvalue weighted by atomic mass is 32.2. The molecule has 47 heavy (non-hydrogen) atoms. The normalized spacial score (nSPS) is 21.5. The Morgan fingerprint density at radius 3 is 2.32 bits per heavy atom. The molecule has 0 aromatic heterocycles. The predicted molar refractivity (Wildman–Crippen MR) is 177 cm³/mol. The Kier molecular flexibility index (Phi) is 9.81. The second-order valence-corrected chi connectivity index (χ2v) is 17.2. The minimum Gasteiger partial charge on any atom is -0.491 e. The van der Waals surface area contributed by atoms with E-state index in [1.165, 1.54) is 16.4 Å². The van der Waals surface area contributed by atoms with E-state index in [0.29, 0.717) is 64.1 Å². The molecule has 6 rings (SSSR count). The third kappa shape index (κ3) is 7.13. The number of ether oxygens (including phenoxy) is 2. The van der Waals surface area contributed by atoms with Crippen molar-refractivity contribution < 1.29 is 36.5 Å². The van der Waals surface area contributed by atoms with E-state index < -0.39 is 42.9 Å². The summed E-state index contributed by atoms with van der Waals surface area (Å²) in [5.41, 5.74) is 8.05. The number of nitrogens with zero attached hydrogens (tertiary/aromatic N) is 1. The number of benzene rings is 3. The topological polar surface area (TPSA) is 168 Å². The number of nitrogens with one attached hydrogen (secondary N) is 1. The minimum atomic E-state index is -3.68. The van der Waals surface area contributed by atoms with Crippen LogP contribution in [0, 0.1) is 0 Å². The third-order valence-corrected chi connectivity index (χ3v) is 14.2. The lowest BCUT2D eigenvalue weighted by atomic mass is 9.88. The van der Waals surface area contributed by atoms with Crippen LogP contribution >= 0.6 is 0 Å². The summed E-state index contributed by atoms with van der Waals surface area (Å²) < 4.78 is 65.3. The Hall–Kier alpha value is -2.88. The highest BCUT2D eigenvalue weighted by Gasteiger charge is 2.54. The fourth-order valence-electron chi connectivity index (χ4n) is 6.46. The van der Waals surface area contributed by atoms with Crippen LogP contribution in [0.3, 0.4) is 0 Å². The molecular weight excluding hydrogens is 643 g/mol. The van der Waals surface area contributed by atoms with E-state index in [-0.39, 0.29) is 29.0 Å². The Labute approximate surface area is 276 Å². The van der Waals surface area contributed by atoms with Gasteiger partial charge in [0, 0.05) is 32.2 Å². The van der Waals surface area contributed by atoms with Gasteiger partial charge in [0.05, 0.1) is 33.4 Å². The molecule has 1 spiro atoms. The van der Waals surface area contributed by atoms with Crippen LogP contribution < -0.4 is 15.8 Å². The number of nitrogens with two attached hydrogens (primary N) is 1. The first-order valence-corrected chi connectivity index (χ1v) is 18.9. The molecule has 0 amide bonds. The average Bonchev–Trinajstić information content (AvgIpc) is 3.83. The molecule has 3 aliphatic rings. The highest BCUT2D eigenvalue weighted by Crippen LogP contribution is 2.46. The van der Waals surface area contributed by atoms with Gasteiger partial charge in [0.2, 0.25) is 10.0 Å². The van der Waals surface area contributed by atoms with Gasteiger partial charge in [-0.05, 0) is 79.1 Å². The van der Waals surface area contributed by atoms with Gasteiger partial charge in [-0.25, -0.2) is 16.8 Å². The van der Waals surface area contributed by atoms with Gasteiger partial charge in [-0.3, -0.25) is 0 Å². The smallest absolute Gasteiger partial charge is 0.243 e. The molecule has 0 radical (unpaired) electrons. The summed E-state index contributed by atoms with van der Waals surface area (Å²) in [6.07, 6.45) is 1.88. The molecule has 1 unspecified atom stereocenters. The zero-order valence-corrected chi connectivity index (χ0v) is 27.9. The van der Waals surface area contributed by atoms with Gasteiger partial charge < -0.3 is 30.7 Å². The van der Waals surface area contributed by atoms with E-state index in [9.17, 15) is 27.0 Å². The van der Waals surface area contributed by atoms with E-state index in [1.54, 1.807) is 30.3 Å². The number of sulfone groups is 1. The molecule has 1 aliphatic carbocycles. The SMILES string of the molecule is NCc1ccc(-c2cccc(S(=O)(=O)N3CCC4(CC3)C[C@H](NCC(O)COc3cccc(S(=O)(=O)C5(CO)CC5)c3)CO4)c2)cc1. The summed E-state index contributed by atoms with van der Waals surface area (Å²) in [5.74, 6) is 0.330. The fourth-order valence-corrected chi connectivity index (χ4v) is 9.79. The maximum atomic E-state index is 13.6. The lowest BCUT2D eigenvalue weighted by Gasteiger charge is -2.38. The lowest BCUT2D eigenvalue weighted by Crippen LogP contribution is -2.47. The van der Waals surface area contributed by atoms with Crippen LogP contribution in [0.1, 0.15) is 37.7 Å². The van der Waals surface area contributed by atoms with Crippen LogP contribution in [-0.2, 0) is 31.1 Å².